The van der Waals surface area contributed by atoms with Crippen molar-refractivity contribution >= 4 is 35.8 Å². The SMILES string of the molecule is CC(=O)OC[C@H]1O[C@@H](O[C@H]2[C@H](OC(C)=O)[C@@H](O)[C@@H](O)O[C@@H]2COC(C)=O)[C@H](OC(C)=O)[C@@H](OC(C)=O)[C@@H]1OC(C)=O. The number of rotatable bonds is 10. The van der Waals surface area contributed by atoms with Crippen LogP contribution in [0.4, 0.5) is 0 Å². The van der Waals surface area contributed by atoms with Crippen molar-refractivity contribution in [1.82, 2.24) is 0 Å². The van der Waals surface area contributed by atoms with Gasteiger partial charge in [-0.25, -0.2) is 0 Å². The topological polar surface area (TPSA) is 226 Å². The molecule has 232 valence electrons. The molecule has 2 rings (SSSR count). The van der Waals surface area contributed by atoms with Crippen LogP contribution in [0.1, 0.15) is 41.5 Å². The predicted molar refractivity (Wildman–Crippen MR) is 126 cm³/mol. The van der Waals surface area contributed by atoms with E-state index in [2.05, 4.69) is 0 Å². The van der Waals surface area contributed by atoms with Crippen LogP contribution in [0.3, 0.4) is 0 Å². The molecule has 0 aliphatic carbocycles. The molecule has 2 aliphatic heterocycles. The van der Waals surface area contributed by atoms with Crippen molar-refractivity contribution in [3.05, 3.63) is 0 Å². The lowest BCUT2D eigenvalue weighted by atomic mass is 9.96. The molecule has 0 aromatic heterocycles. The highest BCUT2D eigenvalue weighted by Gasteiger charge is 2.56. The van der Waals surface area contributed by atoms with Gasteiger partial charge in [0, 0.05) is 41.5 Å². The van der Waals surface area contributed by atoms with Gasteiger partial charge in [0.15, 0.2) is 37.0 Å². The van der Waals surface area contributed by atoms with Gasteiger partial charge in [-0.1, -0.05) is 0 Å². The Morgan fingerprint density at radius 3 is 1.41 bits per heavy atom. The van der Waals surface area contributed by atoms with Crippen LogP contribution in [-0.2, 0) is 71.4 Å². The monoisotopic (exact) mass is 594 g/mol. The van der Waals surface area contributed by atoms with Gasteiger partial charge in [-0.05, 0) is 0 Å². The highest BCUT2D eigenvalue weighted by molar-refractivity contribution is 5.69. The summed E-state index contributed by atoms with van der Waals surface area (Å²) >= 11 is 0. The number of aliphatic hydroxyl groups is 2. The van der Waals surface area contributed by atoms with Crippen LogP contribution < -0.4 is 0 Å². The molecule has 0 amide bonds. The molecule has 0 spiro atoms. The van der Waals surface area contributed by atoms with E-state index in [9.17, 15) is 39.0 Å². The molecule has 2 fully saturated rings. The van der Waals surface area contributed by atoms with E-state index in [1.807, 2.05) is 0 Å². The van der Waals surface area contributed by atoms with Gasteiger partial charge in [-0.15, -0.1) is 0 Å². The molecule has 17 heteroatoms. The van der Waals surface area contributed by atoms with Crippen LogP contribution in [0, 0.1) is 0 Å². The maximum absolute atomic E-state index is 12.1. The van der Waals surface area contributed by atoms with Crippen molar-refractivity contribution in [3.8, 4) is 0 Å². The number of hydrogen-bond acceptors (Lipinski definition) is 17. The fourth-order valence-electron chi connectivity index (χ4n) is 4.19. The summed E-state index contributed by atoms with van der Waals surface area (Å²) in [6, 6.07) is 0. The van der Waals surface area contributed by atoms with E-state index in [4.69, 9.17) is 42.6 Å². The molecule has 0 saturated carbocycles. The first-order chi connectivity index (χ1) is 19.1. The molecule has 2 aliphatic rings. The highest BCUT2D eigenvalue weighted by atomic mass is 16.8. The van der Waals surface area contributed by atoms with Gasteiger partial charge in [0.2, 0.25) is 0 Å². The zero-order valence-corrected chi connectivity index (χ0v) is 23.2. The standard InChI is InChI=1S/C24H34O17/c1-9(25)33-7-15-18(20(36-12(4)28)17(31)23(32)39-15)41-24-22(38-14(6)30)21(37-13(5)29)19(35-11(3)27)16(40-24)8-34-10(2)26/h15-24,31-32H,7-8H2,1-6H3/t15-,16-,17-,18-,19-,20-,21+,22-,23+,24+/m1/s1. The van der Waals surface area contributed by atoms with Gasteiger partial charge in [0.05, 0.1) is 0 Å². The first kappa shape index (κ1) is 33.8. The van der Waals surface area contributed by atoms with E-state index < -0.39 is 110 Å². The van der Waals surface area contributed by atoms with Crippen LogP contribution >= 0.6 is 0 Å². The van der Waals surface area contributed by atoms with Gasteiger partial charge < -0.3 is 52.8 Å². The van der Waals surface area contributed by atoms with E-state index in [1.165, 1.54) is 0 Å². The Morgan fingerprint density at radius 2 is 0.951 bits per heavy atom. The molecule has 17 nitrogen and oxygen atoms in total. The normalized spacial score (nSPS) is 33.1. The van der Waals surface area contributed by atoms with Gasteiger partial charge in [-0.2, -0.15) is 0 Å². The molecule has 10 atom stereocenters. The Labute approximate surface area is 234 Å². The Balaban J connectivity index is 2.58. The molecule has 0 bridgehead atoms. The van der Waals surface area contributed by atoms with Crippen molar-refractivity contribution < 1.29 is 81.6 Å². The highest BCUT2D eigenvalue weighted by Crippen LogP contribution is 2.34. The second kappa shape index (κ2) is 15.0. The van der Waals surface area contributed by atoms with Gasteiger partial charge >= 0.3 is 35.8 Å². The second-order valence-corrected chi connectivity index (χ2v) is 9.10. The third-order valence-corrected chi connectivity index (χ3v) is 5.63. The number of ether oxygens (including phenoxy) is 9. The third kappa shape index (κ3) is 9.89. The van der Waals surface area contributed by atoms with Crippen molar-refractivity contribution in [3.63, 3.8) is 0 Å². The summed E-state index contributed by atoms with van der Waals surface area (Å²) in [5, 5.41) is 20.8. The third-order valence-electron chi connectivity index (χ3n) is 5.63. The fraction of sp³-hybridized carbons (Fsp3) is 0.750. The smallest absolute Gasteiger partial charge is 0.303 e. The quantitative estimate of drug-likeness (QED) is 0.206. The average molecular weight is 595 g/mol. The number of hydrogen-bond donors (Lipinski definition) is 2. The first-order valence-corrected chi connectivity index (χ1v) is 12.4. The van der Waals surface area contributed by atoms with Gasteiger partial charge in [0.25, 0.3) is 0 Å². The molecule has 2 saturated heterocycles. The van der Waals surface area contributed by atoms with Crippen LogP contribution in [0.2, 0.25) is 0 Å². The average Bonchev–Trinajstić information content (AvgIpc) is 2.83. The summed E-state index contributed by atoms with van der Waals surface area (Å²) in [4.78, 5) is 70.9. The summed E-state index contributed by atoms with van der Waals surface area (Å²) < 4.78 is 48.3. The van der Waals surface area contributed by atoms with Crippen LogP contribution in [0.25, 0.3) is 0 Å². The number of esters is 6. The lowest BCUT2D eigenvalue weighted by molar-refractivity contribution is -0.356. The molecular weight excluding hydrogens is 560 g/mol. The second-order valence-electron chi connectivity index (χ2n) is 9.10. The van der Waals surface area contributed by atoms with Crippen molar-refractivity contribution in [2.75, 3.05) is 13.2 Å². The Morgan fingerprint density at radius 1 is 0.537 bits per heavy atom. The number of carbonyl (C=O) groups excluding carboxylic acids is 6. The minimum atomic E-state index is -1.91. The zero-order chi connectivity index (χ0) is 31.0. The Bertz CT molecular complexity index is 981. The Hall–Kier alpha value is -3.38. The molecule has 0 radical (unpaired) electrons. The van der Waals surface area contributed by atoms with E-state index >= 15 is 0 Å². The van der Waals surface area contributed by atoms with E-state index in [-0.39, 0.29) is 0 Å². The molecular formula is C24H34O17. The summed E-state index contributed by atoms with van der Waals surface area (Å²) in [6.45, 7) is 5.18. The number of aliphatic hydroxyl groups excluding tert-OH is 2. The lowest BCUT2D eigenvalue weighted by Gasteiger charge is -2.47. The number of carbonyl (C=O) groups is 6. The minimum absolute atomic E-state index is 0.551. The largest absolute Gasteiger partial charge is 0.463 e. The summed E-state index contributed by atoms with van der Waals surface area (Å²) in [5.41, 5.74) is 0. The van der Waals surface area contributed by atoms with E-state index in [1.54, 1.807) is 0 Å². The predicted octanol–water partition coefficient (Wildman–Crippen LogP) is -1.97. The van der Waals surface area contributed by atoms with Crippen molar-refractivity contribution in [2.24, 2.45) is 0 Å². The van der Waals surface area contributed by atoms with Crippen molar-refractivity contribution in [2.45, 2.75) is 103 Å². The van der Waals surface area contributed by atoms with Crippen molar-refractivity contribution in [1.29, 1.82) is 0 Å². The van der Waals surface area contributed by atoms with Crippen LogP contribution in [-0.4, -0.2) is 121 Å². The van der Waals surface area contributed by atoms with E-state index in [0.29, 0.717) is 0 Å². The summed E-state index contributed by atoms with van der Waals surface area (Å²) in [5.74, 6) is -5.03. The van der Waals surface area contributed by atoms with Crippen LogP contribution in [0.5, 0.6) is 0 Å². The molecule has 0 unspecified atom stereocenters. The first-order valence-electron chi connectivity index (χ1n) is 12.4. The zero-order valence-electron chi connectivity index (χ0n) is 23.2. The Kier molecular flexibility index (Phi) is 12.4. The fourth-order valence-corrected chi connectivity index (χ4v) is 4.19. The lowest BCUT2D eigenvalue weighted by Crippen LogP contribution is -2.66. The maximum Gasteiger partial charge on any atom is 0.303 e. The van der Waals surface area contributed by atoms with Crippen LogP contribution in [0.15, 0.2) is 0 Å². The molecule has 41 heavy (non-hydrogen) atoms. The molecule has 0 aromatic carbocycles. The summed E-state index contributed by atoms with van der Waals surface area (Å²) in [6.07, 6.45) is -16.2. The van der Waals surface area contributed by atoms with E-state index in [0.717, 1.165) is 41.5 Å². The minimum Gasteiger partial charge on any atom is -0.463 e. The molecule has 2 N–H and O–H groups in total. The molecule has 2 heterocycles. The van der Waals surface area contributed by atoms with Gasteiger partial charge in [-0.3, -0.25) is 28.8 Å². The maximum atomic E-state index is 12.1. The molecule has 0 aromatic rings. The van der Waals surface area contributed by atoms with Gasteiger partial charge in [0.1, 0.15) is 37.6 Å². The summed E-state index contributed by atoms with van der Waals surface area (Å²) in [7, 11) is 0.